The van der Waals surface area contributed by atoms with Gasteiger partial charge in [-0.05, 0) is 55.5 Å². The highest BCUT2D eigenvalue weighted by atomic mass is 35.5. The van der Waals surface area contributed by atoms with Crippen molar-refractivity contribution in [3.05, 3.63) is 59.4 Å². The first kappa shape index (κ1) is 17.7. The molecule has 1 atom stereocenters. The summed E-state index contributed by atoms with van der Waals surface area (Å²) in [5.74, 6) is -1.17. The van der Waals surface area contributed by atoms with Gasteiger partial charge in [0.05, 0.1) is 0 Å². The first-order chi connectivity index (χ1) is 11.4. The molecule has 0 aliphatic carbocycles. The van der Waals surface area contributed by atoms with E-state index in [0.29, 0.717) is 16.5 Å². The summed E-state index contributed by atoms with van der Waals surface area (Å²) in [5, 5.41) is 3.03. The zero-order valence-corrected chi connectivity index (χ0v) is 13.5. The summed E-state index contributed by atoms with van der Waals surface area (Å²) in [6.07, 6.45) is -0.884. The predicted octanol–water partition coefficient (Wildman–Crippen LogP) is 3.43. The van der Waals surface area contributed by atoms with Gasteiger partial charge in [-0.15, -0.1) is 0 Å². The van der Waals surface area contributed by atoms with Gasteiger partial charge in [-0.1, -0.05) is 11.6 Å². The Bertz CT molecular complexity index is 704. The van der Waals surface area contributed by atoms with E-state index in [1.807, 2.05) is 0 Å². The van der Waals surface area contributed by atoms with E-state index in [9.17, 15) is 14.0 Å². The first-order valence-corrected chi connectivity index (χ1v) is 7.46. The maximum atomic E-state index is 12.8. The fraction of sp³-hybridized carbons (Fsp3) is 0.176. The van der Waals surface area contributed by atoms with Crippen LogP contribution in [-0.4, -0.2) is 24.6 Å². The number of esters is 1. The van der Waals surface area contributed by atoms with Crippen molar-refractivity contribution in [1.29, 1.82) is 0 Å². The molecule has 7 heteroatoms. The topological polar surface area (TPSA) is 64.6 Å². The van der Waals surface area contributed by atoms with E-state index in [0.717, 1.165) is 0 Å². The van der Waals surface area contributed by atoms with Crippen molar-refractivity contribution < 1.29 is 23.5 Å². The average molecular weight is 352 g/mol. The number of nitrogens with one attached hydrogen (secondary N) is 1. The van der Waals surface area contributed by atoms with Crippen molar-refractivity contribution in [2.75, 3.05) is 11.9 Å². The van der Waals surface area contributed by atoms with Crippen molar-refractivity contribution in [1.82, 2.24) is 0 Å². The fourth-order valence-corrected chi connectivity index (χ4v) is 1.88. The lowest BCUT2D eigenvalue weighted by Crippen LogP contribution is -2.29. The van der Waals surface area contributed by atoms with Crippen LogP contribution in [0.2, 0.25) is 5.02 Å². The predicted molar refractivity (Wildman–Crippen MR) is 87.5 cm³/mol. The molecule has 24 heavy (non-hydrogen) atoms. The van der Waals surface area contributed by atoms with Crippen molar-refractivity contribution in [3.63, 3.8) is 0 Å². The largest absolute Gasteiger partial charge is 0.479 e. The molecule has 0 fully saturated rings. The molecular formula is C17H15ClFNO4. The van der Waals surface area contributed by atoms with E-state index in [4.69, 9.17) is 21.1 Å². The molecule has 0 saturated heterocycles. The zero-order valence-electron chi connectivity index (χ0n) is 12.8. The van der Waals surface area contributed by atoms with Gasteiger partial charge in [0.2, 0.25) is 0 Å². The molecule has 126 valence electrons. The Kier molecular flexibility index (Phi) is 6.14. The molecule has 2 aromatic carbocycles. The lowest BCUT2D eigenvalue weighted by molar-refractivity contribution is -0.153. The van der Waals surface area contributed by atoms with E-state index in [1.165, 1.54) is 31.2 Å². The molecule has 0 aromatic heterocycles. The number of anilines is 1. The van der Waals surface area contributed by atoms with Gasteiger partial charge in [0.1, 0.15) is 11.6 Å². The zero-order chi connectivity index (χ0) is 17.5. The Morgan fingerprint density at radius 1 is 1.12 bits per heavy atom. The third-order valence-corrected chi connectivity index (χ3v) is 3.18. The highest BCUT2D eigenvalue weighted by molar-refractivity contribution is 6.30. The van der Waals surface area contributed by atoms with Crippen molar-refractivity contribution in [2.24, 2.45) is 0 Å². The fourth-order valence-electron chi connectivity index (χ4n) is 1.75. The third kappa shape index (κ3) is 5.55. The highest BCUT2D eigenvalue weighted by Crippen LogP contribution is 2.17. The second kappa shape index (κ2) is 8.31. The molecule has 2 rings (SSSR count). The van der Waals surface area contributed by atoms with Crippen LogP contribution in [0.4, 0.5) is 10.1 Å². The second-order valence-electron chi connectivity index (χ2n) is 4.88. The van der Waals surface area contributed by atoms with Gasteiger partial charge in [0, 0.05) is 10.7 Å². The quantitative estimate of drug-likeness (QED) is 0.810. The number of benzene rings is 2. The third-order valence-electron chi connectivity index (χ3n) is 2.93. The van der Waals surface area contributed by atoms with Gasteiger partial charge < -0.3 is 14.8 Å². The maximum absolute atomic E-state index is 12.8. The first-order valence-electron chi connectivity index (χ1n) is 7.08. The number of ether oxygens (including phenoxy) is 2. The standard InChI is InChI=1S/C17H15ClFNO4/c1-11(24-15-8-2-12(18)3-9-15)17(22)23-10-16(21)20-14-6-4-13(19)5-7-14/h2-9,11H,10H2,1H3,(H,20,21)/t11-/m0/s1. The number of rotatable bonds is 6. The van der Waals surface area contributed by atoms with Gasteiger partial charge in [-0.25, -0.2) is 9.18 Å². The van der Waals surface area contributed by atoms with E-state index >= 15 is 0 Å². The van der Waals surface area contributed by atoms with Gasteiger partial charge in [0.25, 0.3) is 5.91 Å². The van der Waals surface area contributed by atoms with Crippen LogP contribution in [0.5, 0.6) is 5.75 Å². The summed E-state index contributed by atoms with van der Waals surface area (Å²) in [6.45, 7) is 1.04. The van der Waals surface area contributed by atoms with Crippen molar-refractivity contribution in [2.45, 2.75) is 13.0 Å². The lowest BCUT2D eigenvalue weighted by atomic mass is 10.3. The van der Waals surface area contributed by atoms with Crippen LogP contribution < -0.4 is 10.1 Å². The summed E-state index contributed by atoms with van der Waals surface area (Å²) in [5.41, 5.74) is 0.405. The minimum atomic E-state index is -0.884. The monoisotopic (exact) mass is 351 g/mol. The number of hydrogen-bond acceptors (Lipinski definition) is 4. The molecule has 0 radical (unpaired) electrons. The number of amides is 1. The van der Waals surface area contributed by atoms with Gasteiger partial charge in [0.15, 0.2) is 12.7 Å². The van der Waals surface area contributed by atoms with Crippen LogP contribution in [0.15, 0.2) is 48.5 Å². The number of carbonyl (C=O) groups is 2. The molecule has 2 aromatic rings. The second-order valence-corrected chi connectivity index (χ2v) is 5.31. The Balaban J connectivity index is 1.77. The molecule has 0 saturated carbocycles. The number of carbonyl (C=O) groups excluding carboxylic acids is 2. The van der Waals surface area contributed by atoms with Gasteiger partial charge in [-0.3, -0.25) is 4.79 Å². The Morgan fingerprint density at radius 2 is 1.75 bits per heavy atom. The van der Waals surface area contributed by atoms with Crippen LogP contribution in [0.3, 0.4) is 0 Å². The number of halogens is 2. The van der Waals surface area contributed by atoms with Crippen molar-refractivity contribution >= 4 is 29.2 Å². The minimum Gasteiger partial charge on any atom is -0.479 e. The Morgan fingerprint density at radius 3 is 2.38 bits per heavy atom. The molecule has 0 aliphatic heterocycles. The molecule has 0 unspecified atom stereocenters. The van der Waals surface area contributed by atoms with Crippen LogP contribution in [0.25, 0.3) is 0 Å². The smallest absolute Gasteiger partial charge is 0.347 e. The molecule has 0 spiro atoms. The molecule has 1 amide bonds. The maximum Gasteiger partial charge on any atom is 0.347 e. The Labute approximate surface area is 143 Å². The van der Waals surface area contributed by atoms with E-state index in [2.05, 4.69) is 5.32 Å². The Hall–Kier alpha value is -2.60. The van der Waals surface area contributed by atoms with E-state index in [1.54, 1.807) is 24.3 Å². The average Bonchev–Trinajstić information content (AvgIpc) is 2.57. The molecule has 0 heterocycles. The molecule has 1 N–H and O–H groups in total. The van der Waals surface area contributed by atoms with Crippen LogP contribution in [0, 0.1) is 5.82 Å². The van der Waals surface area contributed by atoms with E-state index in [-0.39, 0.29) is 0 Å². The van der Waals surface area contributed by atoms with E-state index < -0.39 is 30.4 Å². The molecule has 0 aliphatic rings. The summed E-state index contributed by atoms with van der Waals surface area (Å²) in [7, 11) is 0. The lowest BCUT2D eigenvalue weighted by Gasteiger charge is -2.14. The molecular weight excluding hydrogens is 337 g/mol. The van der Waals surface area contributed by atoms with Crippen LogP contribution in [0.1, 0.15) is 6.92 Å². The van der Waals surface area contributed by atoms with Gasteiger partial charge in [-0.2, -0.15) is 0 Å². The number of hydrogen-bond donors (Lipinski definition) is 1. The summed E-state index contributed by atoms with van der Waals surface area (Å²) in [4.78, 5) is 23.5. The highest BCUT2D eigenvalue weighted by Gasteiger charge is 2.17. The SMILES string of the molecule is C[C@H](Oc1ccc(Cl)cc1)C(=O)OCC(=O)Nc1ccc(F)cc1. The molecule has 5 nitrogen and oxygen atoms in total. The summed E-state index contributed by atoms with van der Waals surface area (Å²) < 4.78 is 23.0. The summed E-state index contributed by atoms with van der Waals surface area (Å²) >= 11 is 5.76. The minimum absolute atomic E-state index is 0.405. The van der Waals surface area contributed by atoms with Crippen LogP contribution >= 0.6 is 11.6 Å². The molecule has 0 bridgehead atoms. The normalized spacial score (nSPS) is 11.5. The summed E-state index contributed by atoms with van der Waals surface area (Å²) in [6, 6.07) is 11.7. The van der Waals surface area contributed by atoms with Gasteiger partial charge >= 0.3 is 5.97 Å². The van der Waals surface area contributed by atoms with Crippen LogP contribution in [-0.2, 0) is 14.3 Å². The van der Waals surface area contributed by atoms with Crippen molar-refractivity contribution in [3.8, 4) is 5.75 Å².